The Kier molecular flexibility index (Phi) is 6.13. The number of carboxylic acids is 1. The van der Waals surface area contributed by atoms with E-state index in [1.165, 1.54) is 0 Å². The smallest absolute Gasteiger partial charge is 0.317 e. The first-order chi connectivity index (χ1) is 12.5. The van der Waals surface area contributed by atoms with Crippen molar-refractivity contribution in [3.63, 3.8) is 0 Å². The number of likely N-dealkylation sites (N-methyl/N-ethyl adjacent to an activating group) is 1. The number of carbonyl (C=O) groups is 1. The second kappa shape index (κ2) is 8.35. The SMILES string of the molecule is CCN(CC(=O)O)C1CC(NCc2cn(-c3cccc(Cl)c3Cl)nn2)C1. The molecule has 1 aromatic heterocycles. The summed E-state index contributed by atoms with van der Waals surface area (Å²) in [6.07, 6.45) is 3.70. The van der Waals surface area contributed by atoms with Gasteiger partial charge in [-0.25, -0.2) is 4.68 Å². The molecule has 1 aliphatic carbocycles. The lowest BCUT2D eigenvalue weighted by Crippen LogP contribution is -2.53. The molecule has 7 nitrogen and oxygen atoms in total. The summed E-state index contributed by atoms with van der Waals surface area (Å²) in [4.78, 5) is 12.9. The molecule has 0 aliphatic heterocycles. The van der Waals surface area contributed by atoms with Crippen LogP contribution in [-0.4, -0.2) is 56.1 Å². The van der Waals surface area contributed by atoms with E-state index in [0.29, 0.717) is 34.4 Å². The molecule has 2 N–H and O–H groups in total. The molecular weight excluding hydrogens is 377 g/mol. The molecule has 1 fully saturated rings. The second-order valence-electron chi connectivity index (χ2n) is 6.39. The predicted octanol–water partition coefficient (Wildman–Crippen LogP) is 2.60. The number of rotatable bonds is 8. The fourth-order valence-corrected chi connectivity index (χ4v) is 3.52. The molecule has 1 aromatic carbocycles. The van der Waals surface area contributed by atoms with E-state index in [0.717, 1.165) is 25.1 Å². The second-order valence-corrected chi connectivity index (χ2v) is 7.17. The van der Waals surface area contributed by atoms with Crippen LogP contribution in [-0.2, 0) is 11.3 Å². The van der Waals surface area contributed by atoms with Crippen molar-refractivity contribution in [2.75, 3.05) is 13.1 Å². The molecule has 1 saturated carbocycles. The van der Waals surface area contributed by atoms with Crippen molar-refractivity contribution in [1.29, 1.82) is 0 Å². The topological polar surface area (TPSA) is 83.3 Å². The number of nitrogens with one attached hydrogen (secondary N) is 1. The lowest BCUT2D eigenvalue weighted by atomic mass is 9.85. The van der Waals surface area contributed by atoms with E-state index >= 15 is 0 Å². The van der Waals surface area contributed by atoms with Gasteiger partial charge in [0.05, 0.1) is 34.2 Å². The Morgan fingerprint density at radius 1 is 1.42 bits per heavy atom. The Bertz CT molecular complexity index is 776. The van der Waals surface area contributed by atoms with E-state index in [9.17, 15) is 4.79 Å². The summed E-state index contributed by atoms with van der Waals surface area (Å²) in [5, 5.41) is 21.6. The van der Waals surface area contributed by atoms with Crippen LogP contribution in [0.4, 0.5) is 0 Å². The van der Waals surface area contributed by atoms with Gasteiger partial charge in [0.1, 0.15) is 0 Å². The molecule has 0 spiro atoms. The highest BCUT2D eigenvalue weighted by atomic mass is 35.5. The molecule has 140 valence electrons. The summed E-state index contributed by atoms with van der Waals surface area (Å²) < 4.78 is 1.61. The number of benzene rings is 1. The van der Waals surface area contributed by atoms with Gasteiger partial charge in [0, 0.05) is 18.6 Å². The summed E-state index contributed by atoms with van der Waals surface area (Å²) in [5.41, 5.74) is 1.50. The summed E-state index contributed by atoms with van der Waals surface area (Å²) in [6.45, 7) is 3.44. The molecule has 1 aliphatic rings. The third kappa shape index (κ3) is 4.35. The van der Waals surface area contributed by atoms with E-state index in [-0.39, 0.29) is 6.54 Å². The van der Waals surface area contributed by atoms with Gasteiger partial charge in [-0.15, -0.1) is 5.10 Å². The van der Waals surface area contributed by atoms with Crippen molar-refractivity contribution in [3.8, 4) is 5.69 Å². The predicted molar refractivity (Wildman–Crippen MR) is 99.9 cm³/mol. The first kappa shape index (κ1) is 19.1. The van der Waals surface area contributed by atoms with Crippen molar-refractivity contribution in [3.05, 3.63) is 40.1 Å². The zero-order chi connectivity index (χ0) is 18.7. The van der Waals surface area contributed by atoms with Gasteiger partial charge in [-0.05, 0) is 31.5 Å². The summed E-state index contributed by atoms with van der Waals surface area (Å²) in [5.74, 6) is -0.778. The van der Waals surface area contributed by atoms with Gasteiger partial charge in [-0.1, -0.05) is 41.4 Å². The van der Waals surface area contributed by atoms with Crippen molar-refractivity contribution < 1.29 is 9.90 Å². The minimum Gasteiger partial charge on any atom is -0.480 e. The Morgan fingerprint density at radius 3 is 2.88 bits per heavy atom. The lowest BCUT2D eigenvalue weighted by Gasteiger charge is -2.42. The Balaban J connectivity index is 1.51. The average Bonchev–Trinajstić information content (AvgIpc) is 3.03. The molecule has 0 amide bonds. The first-order valence-electron chi connectivity index (χ1n) is 8.52. The van der Waals surface area contributed by atoms with Gasteiger partial charge >= 0.3 is 5.97 Å². The Morgan fingerprint density at radius 2 is 2.19 bits per heavy atom. The molecule has 0 radical (unpaired) electrons. The number of halogens is 2. The standard InChI is InChI=1S/C17H21Cl2N5O2/c1-2-23(10-16(25)26)13-6-11(7-13)20-8-12-9-24(22-21-12)15-5-3-4-14(18)17(15)19/h3-5,9,11,13,20H,2,6-8,10H2,1H3,(H,25,26). The zero-order valence-electron chi connectivity index (χ0n) is 14.4. The monoisotopic (exact) mass is 397 g/mol. The van der Waals surface area contributed by atoms with Crippen molar-refractivity contribution in [1.82, 2.24) is 25.2 Å². The molecule has 3 rings (SSSR count). The molecule has 1 heterocycles. The molecule has 0 saturated heterocycles. The molecule has 26 heavy (non-hydrogen) atoms. The van der Waals surface area contributed by atoms with Crippen LogP contribution in [0.5, 0.6) is 0 Å². The van der Waals surface area contributed by atoms with Crippen LogP contribution in [0.25, 0.3) is 5.69 Å². The molecule has 0 bridgehead atoms. The third-order valence-corrected chi connectivity index (χ3v) is 5.47. The van der Waals surface area contributed by atoms with E-state index in [1.807, 2.05) is 30.2 Å². The van der Waals surface area contributed by atoms with Crippen molar-refractivity contribution in [2.24, 2.45) is 0 Å². The maximum atomic E-state index is 10.9. The summed E-state index contributed by atoms with van der Waals surface area (Å²) in [7, 11) is 0. The van der Waals surface area contributed by atoms with Crippen LogP contribution >= 0.6 is 23.2 Å². The lowest BCUT2D eigenvalue weighted by molar-refractivity contribution is -0.139. The molecule has 2 aromatic rings. The minimum absolute atomic E-state index is 0.0998. The minimum atomic E-state index is -0.778. The van der Waals surface area contributed by atoms with Gasteiger partial charge in [0.2, 0.25) is 0 Å². The number of hydrogen-bond donors (Lipinski definition) is 2. The van der Waals surface area contributed by atoms with Crippen LogP contribution in [0, 0.1) is 0 Å². The van der Waals surface area contributed by atoms with Gasteiger partial charge in [-0.3, -0.25) is 9.69 Å². The highest BCUT2D eigenvalue weighted by Crippen LogP contribution is 2.28. The normalized spacial score (nSPS) is 19.5. The van der Waals surface area contributed by atoms with Crippen molar-refractivity contribution in [2.45, 2.75) is 38.4 Å². The maximum absolute atomic E-state index is 10.9. The van der Waals surface area contributed by atoms with Crippen molar-refractivity contribution >= 4 is 29.2 Å². The molecular formula is C17H21Cl2N5O2. The van der Waals surface area contributed by atoms with Crippen LogP contribution < -0.4 is 5.32 Å². The quantitative estimate of drug-likeness (QED) is 0.711. The number of nitrogens with zero attached hydrogens (tertiary/aromatic N) is 4. The van der Waals surface area contributed by atoms with Gasteiger partial charge in [-0.2, -0.15) is 0 Å². The Labute approximate surface area is 161 Å². The van der Waals surface area contributed by atoms with E-state index < -0.39 is 5.97 Å². The molecule has 0 atom stereocenters. The van der Waals surface area contributed by atoms with Crippen LogP contribution in [0.15, 0.2) is 24.4 Å². The van der Waals surface area contributed by atoms with E-state index in [1.54, 1.807) is 10.7 Å². The molecule has 9 heteroatoms. The first-order valence-corrected chi connectivity index (χ1v) is 9.28. The molecule has 0 unspecified atom stereocenters. The van der Waals surface area contributed by atoms with E-state index in [4.69, 9.17) is 28.3 Å². The average molecular weight is 398 g/mol. The number of hydrogen-bond acceptors (Lipinski definition) is 5. The Hall–Kier alpha value is -1.67. The summed E-state index contributed by atoms with van der Waals surface area (Å²) in [6, 6.07) is 6.06. The summed E-state index contributed by atoms with van der Waals surface area (Å²) >= 11 is 12.2. The van der Waals surface area contributed by atoms with Gasteiger partial charge in [0.25, 0.3) is 0 Å². The third-order valence-electron chi connectivity index (χ3n) is 4.66. The highest BCUT2D eigenvalue weighted by Gasteiger charge is 2.33. The maximum Gasteiger partial charge on any atom is 0.317 e. The van der Waals surface area contributed by atoms with E-state index in [2.05, 4.69) is 15.6 Å². The van der Waals surface area contributed by atoms with Gasteiger partial charge < -0.3 is 10.4 Å². The van der Waals surface area contributed by atoms with Gasteiger partial charge in [0.15, 0.2) is 0 Å². The van der Waals surface area contributed by atoms with Crippen LogP contribution in [0.3, 0.4) is 0 Å². The fraction of sp³-hybridized carbons (Fsp3) is 0.471. The number of aliphatic carboxylic acids is 1. The zero-order valence-corrected chi connectivity index (χ0v) is 15.9. The fourth-order valence-electron chi connectivity index (χ4n) is 3.14. The number of carboxylic acid groups (broad SMARTS) is 1. The van der Waals surface area contributed by atoms with Crippen LogP contribution in [0.1, 0.15) is 25.5 Å². The highest BCUT2D eigenvalue weighted by molar-refractivity contribution is 6.43. The largest absolute Gasteiger partial charge is 0.480 e. The number of aromatic nitrogens is 3. The van der Waals surface area contributed by atoms with Crippen LogP contribution in [0.2, 0.25) is 10.0 Å².